The van der Waals surface area contributed by atoms with Gasteiger partial charge in [0.15, 0.2) is 0 Å². The van der Waals surface area contributed by atoms with Gasteiger partial charge in [0, 0.05) is 29.6 Å². The van der Waals surface area contributed by atoms with Crippen molar-refractivity contribution in [3.05, 3.63) is 66.4 Å². The van der Waals surface area contributed by atoms with Crippen LogP contribution in [-0.2, 0) is 19.1 Å². The number of alkyl carbamates (subject to hydrolysis) is 2. The zero-order valence-corrected chi connectivity index (χ0v) is 31.8. The lowest BCUT2D eigenvalue weighted by Crippen LogP contribution is -2.49. The zero-order valence-electron chi connectivity index (χ0n) is 31.8. The van der Waals surface area contributed by atoms with E-state index in [2.05, 4.69) is 32.7 Å². The molecule has 0 unspecified atom stereocenters. The molecule has 5 heterocycles. The number of nitrogens with zero attached hydrogens (tertiary/aromatic N) is 5. The molecule has 4 amide bonds. The number of benzene rings is 2. The lowest BCUT2D eigenvalue weighted by atomic mass is 10.1. The molecule has 3 aromatic heterocycles. The molecule has 15 nitrogen and oxygen atoms in total. The average Bonchev–Trinajstić information content (AvgIpc) is 3.65. The van der Waals surface area contributed by atoms with Gasteiger partial charge in [-0.15, -0.1) is 0 Å². The molecule has 292 valence electrons. The fourth-order valence-electron chi connectivity index (χ4n) is 8.21. The molecule has 8 rings (SSSR count). The van der Waals surface area contributed by atoms with Crippen LogP contribution in [0.4, 0.5) is 9.59 Å². The molecule has 15 heteroatoms. The van der Waals surface area contributed by atoms with Gasteiger partial charge in [-0.3, -0.25) is 9.59 Å². The molecular formula is C41H47N9O6. The molecule has 3 aliphatic rings. The minimum Gasteiger partial charge on any atom is -0.453 e. The number of H-pyrrole nitrogens is 2. The van der Waals surface area contributed by atoms with Gasteiger partial charge in [0.25, 0.3) is 0 Å². The van der Waals surface area contributed by atoms with E-state index >= 15 is 0 Å². The minimum atomic E-state index is -0.653. The van der Waals surface area contributed by atoms with E-state index in [4.69, 9.17) is 24.4 Å². The van der Waals surface area contributed by atoms with Crippen molar-refractivity contribution in [3.63, 3.8) is 0 Å². The van der Waals surface area contributed by atoms with Gasteiger partial charge in [0.2, 0.25) is 11.8 Å². The fourth-order valence-corrected chi connectivity index (χ4v) is 8.21. The number of methoxy groups -OCH3 is 2. The average molecular weight is 762 g/mol. The van der Waals surface area contributed by atoms with Crippen LogP contribution in [0.25, 0.3) is 44.5 Å². The van der Waals surface area contributed by atoms with Gasteiger partial charge in [-0.2, -0.15) is 0 Å². The van der Waals surface area contributed by atoms with Crippen LogP contribution in [0.15, 0.2) is 54.7 Å². The number of pyridine rings is 1. The highest BCUT2D eigenvalue weighted by Crippen LogP contribution is 2.38. The predicted octanol–water partition coefficient (Wildman–Crippen LogP) is 6.15. The normalized spacial score (nSPS) is 19.3. The molecule has 3 fully saturated rings. The summed E-state index contributed by atoms with van der Waals surface area (Å²) < 4.78 is 9.55. The standard InChI is InChI=1S/C41H47N9O6/c1-4-7-30(47-40(53)55-2)38(51)49-18-6-9-34(49)37-44-29-17-14-26(21-31(29)45-37)28-15-12-24-20-25(13-16-27(24)43-28)32-22-42-36(46-32)33-8-5-19-50(33)39(52)35(23-10-11-23)48-41(54)56-3/h12-17,20-23,30,33-35H,4-11,18-19H2,1-3H3,(H,42,46)(H,44,45)(H,47,53)(H,48,54)/t30-,33-,34-,35-/m0/s1. The Balaban J connectivity index is 0.976. The third-order valence-electron chi connectivity index (χ3n) is 11.3. The van der Waals surface area contributed by atoms with E-state index in [0.29, 0.717) is 19.5 Å². The maximum atomic E-state index is 13.6. The van der Waals surface area contributed by atoms with Crippen LogP contribution >= 0.6 is 0 Å². The number of ether oxygens (including phenoxy) is 2. The Morgan fingerprint density at radius 1 is 0.786 bits per heavy atom. The highest BCUT2D eigenvalue weighted by molar-refractivity contribution is 5.89. The quantitative estimate of drug-likeness (QED) is 0.122. The van der Waals surface area contributed by atoms with Gasteiger partial charge in [-0.05, 0) is 81.2 Å². The Morgan fingerprint density at radius 2 is 1.48 bits per heavy atom. The molecule has 2 aromatic carbocycles. The van der Waals surface area contributed by atoms with Crippen molar-refractivity contribution in [2.24, 2.45) is 5.92 Å². The molecule has 2 saturated heterocycles. The third kappa shape index (κ3) is 7.37. The zero-order chi connectivity index (χ0) is 38.9. The van der Waals surface area contributed by atoms with E-state index < -0.39 is 24.3 Å². The monoisotopic (exact) mass is 761 g/mol. The summed E-state index contributed by atoms with van der Waals surface area (Å²) in [5.74, 6) is 1.38. The van der Waals surface area contributed by atoms with E-state index in [-0.39, 0.29) is 29.8 Å². The van der Waals surface area contributed by atoms with Crippen molar-refractivity contribution in [3.8, 4) is 22.5 Å². The molecular weight excluding hydrogens is 715 g/mol. The number of likely N-dealkylation sites (tertiary alicyclic amines) is 2. The van der Waals surface area contributed by atoms with Crippen LogP contribution in [0.2, 0.25) is 0 Å². The number of aromatic amines is 2. The summed E-state index contributed by atoms with van der Waals surface area (Å²) in [6.07, 6.45) is 6.96. The van der Waals surface area contributed by atoms with Crippen LogP contribution in [0.3, 0.4) is 0 Å². The summed E-state index contributed by atoms with van der Waals surface area (Å²) in [5.41, 5.74) is 6.05. The van der Waals surface area contributed by atoms with Gasteiger partial charge in [0.1, 0.15) is 23.7 Å². The molecule has 2 aliphatic heterocycles. The fraction of sp³-hybridized carbons (Fsp3) is 0.439. The lowest BCUT2D eigenvalue weighted by Gasteiger charge is -2.28. The number of carbonyl (C=O) groups excluding carboxylic acids is 4. The summed E-state index contributed by atoms with van der Waals surface area (Å²) in [7, 11) is 2.60. The van der Waals surface area contributed by atoms with Crippen LogP contribution in [0.5, 0.6) is 0 Å². The predicted molar refractivity (Wildman–Crippen MR) is 208 cm³/mol. The first kappa shape index (κ1) is 37.0. The number of amides is 4. The number of aromatic nitrogens is 5. The van der Waals surface area contributed by atoms with Gasteiger partial charge in [0.05, 0.1) is 60.4 Å². The molecule has 1 aliphatic carbocycles. The molecule has 4 N–H and O–H groups in total. The SMILES string of the molecule is CCC[C@H](NC(=O)OC)C(=O)N1CCC[C@H]1c1nc2ccc(-c3ccc4cc(-c5cnc([C@@H]6CCCN6C(=O)[C@@H](NC(=O)OC)C6CC6)[nH]5)ccc4n3)cc2[nH]1. The van der Waals surface area contributed by atoms with Gasteiger partial charge >= 0.3 is 12.2 Å². The Morgan fingerprint density at radius 3 is 2.21 bits per heavy atom. The highest BCUT2D eigenvalue weighted by atomic mass is 16.5. The Bertz CT molecular complexity index is 2280. The van der Waals surface area contributed by atoms with Gasteiger partial charge < -0.3 is 39.9 Å². The summed E-state index contributed by atoms with van der Waals surface area (Å²) >= 11 is 0. The van der Waals surface area contributed by atoms with Crippen molar-refractivity contribution in [2.75, 3.05) is 27.3 Å². The van der Waals surface area contributed by atoms with E-state index in [1.165, 1.54) is 14.2 Å². The summed E-state index contributed by atoms with van der Waals surface area (Å²) in [6, 6.07) is 14.5. The minimum absolute atomic E-state index is 0.0858. The van der Waals surface area contributed by atoms with Crippen molar-refractivity contribution < 1.29 is 28.7 Å². The molecule has 0 spiro atoms. The third-order valence-corrected chi connectivity index (χ3v) is 11.3. The lowest BCUT2D eigenvalue weighted by molar-refractivity contribution is -0.135. The summed E-state index contributed by atoms with van der Waals surface area (Å²) in [6.45, 7) is 3.19. The second kappa shape index (κ2) is 15.6. The largest absolute Gasteiger partial charge is 0.453 e. The van der Waals surface area contributed by atoms with E-state index in [9.17, 15) is 19.2 Å². The van der Waals surface area contributed by atoms with Crippen molar-refractivity contribution in [1.82, 2.24) is 45.4 Å². The smallest absolute Gasteiger partial charge is 0.407 e. The Labute approximate surface area is 323 Å². The van der Waals surface area contributed by atoms with Crippen LogP contribution < -0.4 is 10.6 Å². The Hall–Kier alpha value is -5.99. The first-order chi connectivity index (χ1) is 27.2. The number of imidazole rings is 2. The molecule has 5 aromatic rings. The maximum absolute atomic E-state index is 13.6. The van der Waals surface area contributed by atoms with Crippen LogP contribution in [0, 0.1) is 5.92 Å². The number of nitrogens with one attached hydrogen (secondary N) is 4. The topological polar surface area (TPSA) is 188 Å². The van der Waals surface area contributed by atoms with Crippen molar-refractivity contribution in [1.29, 1.82) is 0 Å². The number of hydrogen-bond acceptors (Lipinski definition) is 9. The molecule has 4 atom stereocenters. The highest BCUT2D eigenvalue weighted by Gasteiger charge is 2.43. The second-order valence-electron chi connectivity index (χ2n) is 14.9. The van der Waals surface area contributed by atoms with E-state index in [0.717, 1.165) is 101 Å². The number of carbonyl (C=O) groups is 4. The number of hydrogen-bond donors (Lipinski definition) is 4. The van der Waals surface area contributed by atoms with Crippen molar-refractivity contribution in [2.45, 2.75) is 82.5 Å². The Kier molecular flexibility index (Phi) is 10.3. The molecule has 56 heavy (non-hydrogen) atoms. The second-order valence-corrected chi connectivity index (χ2v) is 14.9. The maximum Gasteiger partial charge on any atom is 0.407 e. The summed E-state index contributed by atoms with van der Waals surface area (Å²) in [4.78, 5) is 76.3. The molecule has 0 bridgehead atoms. The van der Waals surface area contributed by atoms with Gasteiger partial charge in [-0.25, -0.2) is 24.5 Å². The first-order valence-corrected chi connectivity index (χ1v) is 19.5. The van der Waals surface area contributed by atoms with E-state index in [1.54, 1.807) is 0 Å². The van der Waals surface area contributed by atoms with E-state index in [1.807, 2.05) is 59.3 Å². The first-order valence-electron chi connectivity index (χ1n) is 19.5. The van der Waals surface area contributed by atoms with Crippen molar-refractivity contribution >= 4 is 45.9 Å². The summed E-state index contributed by atoms with van der Waals surface area (Å²) in [5, 5.41) is 6.43. The van der Waals surface area contributed by atoms with Crippen LogP contribution in [0.1, 0.15) is 82.0 Å². The molecule has 0 radical (unpaired) electrons. The van der Waals surface area contributed by atoms with Gasteiger partial charge in [-0.1, -0.05) is 31.5 Å². The number of rotatable bonds is 11. The number of fused-ring (bicyclic) bond motifs is 2. The molecule has 1 saturated carbocycles. The van der Waals surface area contributed by atoms with Crippen LogP contribution in [-0.4, -0.2) is 98.1 Å².